The van der Waals surface area contributed by atoms with Gasteiger partial charge in [-0.2, -0.15) is 0 Å². The zero-order chi connectivity index (χ0) is 15.3. The molecule has 1 rings (SSSR count). The van der Waals surface area contributed by atoms with Crippen LogP contribution < -0.4 is 5.32 Å². The van der Waals surface area contributed by atoms with Crippen LogP contribution in [0.3, 0.4) is 0 Å². The maximum absolute atomic E-state index is 12.2. The van der Waals surface area contributed by atoms with Crippen molar-refractivity contribution < 1.29 is 4.79 Å². The first-order valence-corrected chi connectivity index (χ1v) is 8.18. The number of carbonyl (C=O) groups is 1. The number of unbranched alkanes of at least 4 members (excludes halogenated alkanes) is 4. The summed E-state index contributed by atoms with van der Waals surface area (Å²) in [6, 6.07) is 10.3. The SMILES string of the molecule is C=CCNC(CC(=O)CCCCCCC)c1ccccc1. The molecule has 1 N–H and O–H groups in total. The molecule has 1 aromatic carbocycles. The van der Waals surface area contributed by atoms with Gasteiger partial charge in [-0.05, 0) is 12.0 Å². The van der Waals surface area contributed by atoms with Gasteiger partial charge in [0.1, 0.15) is 5.78 Å². The monoisotopic (exact) mass is 287 g/mol. The molecule has 0 saturated carbocycles. The van der Waals surface area contributed by atoms with Gasteiger partial charge in [-0.3, -0.25) is 4.79 Å². The molecule has 1 atom stereocenters. The first kappa shape index (κ1) is 17.6. The molecule has 0 aliphatic carbocycles. The van der Waals surface area contributed by atoms with Crippen LogP contribution in [0.25, 0.3) is 0 Å². The first-order valence-electron chi connectivity index (χ1n) is 8.18. The number of carbonyl (C=O) groups excluding carboxylic acids is 1. The molecule has 21 heavy (non-hydrogen) atoms. The summed E-state index contributed by atoms with van der Waals surface area (Å²) in [4.78, 5) is 12.2. The van der Waals surface area contributed by atoms with E-state index in [9.17, 15) is 4.79 Å². The highest BCUT2D eigenvalue weighted by Crippen LogP contribution is 2.18. The molecular weight excluding hydrogens is 258 g/mol. The molecule has 0 radical (unpaired) electrons. The molecule has 1 aromatic rings. The van der Waals surface area contributed by atoms with Gasteiger partial charge in [-0.25, -0.2) is 0 Å². The van der Waals surface area contributed by atoms with Crippen molar-refractivity contribution in [3.63, 3.8) is 0 Å². The number of Topliss-reactive ketones (excluding diaryl/α,β-unsaturated/α-hetero) is 1. The molecule has 2 heteroatoms. The number of hydrogen-bond acceptors (Lipinski definition) is 2. The van der Waals surface area contributed by atoms with E-state index in [1.165, 1.54) is 31.2 Å². The minimum absolute atomic E-state index is 0.104. The third kappa shape index (κ3) is 7.81. The molecule has 0 aliphatic rings. The van der Waals surface area contributed by atoms with Crippen LogP contribution in [0.15, 0.2) is 43.0 Å². The largest absolute Gasteiger partial charge is 0.306 e. The fraction of sp³-hybridized carbons (Fsp3) is 0.526. The third-order valence-electron chi connectivity index (χ3n) is 3.70. The molecule has 0 spiro atoms. The van der Waals surface area contributed by atoms with E-state index in [2.05, 4.69) is 31.0 Å². The van der Waals surface area contributed by atoms with Gasteiger partial charge in [0.2, 0.25) is 0 Å². The predicted octanol–water partition coefficient (Wildman–Crippen LogP) is 4.82. The second-order valence-corrected chi connectivity index (χ2v) is 5.57. The van der Waals surface area contributed by atoms with Gasteiger partial charge in [0.25, 0.3) is 0 Å². The van der Waals surface area contributed by atoms with E-state index in [1.807, 2.05) is 24.3 Å². The number of ketones is 1. The van der Waals surface area contributed by atoms with Crippen LogP contribution in [0.5, 0.6) is 0 Å². The predicted molar refractivity (Wildman–Crippen MR) is 90.4 cm³/mol. The average Bonchev–Trinajstić information content (AvgIpc) is 2.52. The highest BCUT2D eigenvalue weighted by Gasteiger charge is 2.14. The summed E-state index contributed by atoms with van der Waals surface area (Å²) >= 11 is 0. The highest BCUT2D eigenvalue weighted by atomic mass is 16.1. The third-order valence-corrected chi connectivity index (χ3v) is 3.70. The van der Waals surface area contributed by atoms with Crippen LogP contribution in [0.1, 0.15) is 63.5 Å². The maximum atomic E-state index is 12.2. The molecule has 0 saturated heterocycles. The van der Waals surface area contributed by atoms with E-state index in [0.717, 1.165) is 13.0 Å². The summed E-state index contributed by atoms with van der Waals surface area (Å²) in [7, 11) is 0. The Morgan fingerprint density at radius 1 is 1.19 bits per heavy atom. The zero-order valence-corrected chi connectivity index (χ0v) is 13.3. The molecule has 2 nitrogen and oxygen atoms in total. The lowest BCUT2D eigenvalue weighted by Gasteiger charge is -2.17. The van der Waals surface area contributed by atoms with E-state index in [4.69, 9.17) is 0 Å². The molecule has 116 valence electrons. The molecule has 0 aliphatic heterocycles. The number of hydrogen-bond donors (Lipinski definition) is 1. The Bertz CT molecular complexity index is 399. The molecule has 0 amide bonds. The van der Waals surface area contributed by atoms with Crippen molar-refractivity contribution in [3.05, 3.63) is 48.6 Å². The standard InChI is InChI=1S/C19H29NO/c1-3-5-6-7-11-14-18(21)16-19(20-15-4-2)17-12-9-8-10-13-17/h4,8-10,12-13,19-20H,2-3,5-7,11,14-16H2,1H3. The van der Waals surface area contributed by atoms with Crippen molar-refractivity contribution in [3.8, 4) is 0 Å². The van der Waals surface area contributed by atoms with E-state index in [1.54, 1.807) is 0 Å². The minimum Gasteiger partial charge on any atom is -0.306 e. The summed E-state index contributed by atoms with van der Waals surface area (Å²) in [5.74, 6) is 0.358. The van der Waals surface area contributed by atoms with Gasteiger partial charge in [0.15, 0.2) is 0 Å². The van der Waals surface area contributed by atoms with Crippen LogP contribution in [0.2, 0.25) is 0 Å². The fourth-order valence-electron chi connectivity index (χ4n) is 2.47. The van der Waals surface area contributed by atoms with Gasteiger partial charge in [-0.1, -0.05) is 69.0 Å². The van der Waals surface area contributed by atoms with Gasteiger partial charge in [0.05, 0.1) is 0 Å². The molecule has 0 bridgehead atoms. The van der Waals surface area contributed by atoms with E-state index in [-0.39, 0.29) is 6.04 Å². The van der Waals surface area contributed by atoms with Crippen molar-refractivity contribution in [1.82, 2.24) is 5.32 Å². The lowest BCUT2D eigenvalue weighted by molar-refractivity contribution is -0.119. The first-order chi connectivity index (χ1) is 10.3. The van der Waals surface area contributed by atoms with Gasteiger partial charge >= 0.3 is 0 Å². The lowest BCUT2D eigenvalue weighted by atomic mass is 9.98. The summed E-state index contributed by atoms with van der Waals surface area (Å²) in [6.07, 6.45) is 9.11. The van der Waals surface area contributed by atoms with Crippen LogP contribution in [0.4, 0.5) is 0 Å². The Balaban J connectivity index is 2.41. The number of benzene rings is 1. The van der Waals surface area contributed by atoms with E-state index >= 15 is 0 Å². The zero-order valence-electron chi connectivity index (χ0n) is 13.3. The molecular formula is C19H29NO. The molecule has 0 fully saturated rings. The maximum Gasteiger partial charge on any atom is 0.134 e. The highest BCUT2D eigenvalue weighted by molar-refractivity contribution is 5.79. The molecule has 0 heterocycles. The summed E-state index contributed by atoms with van der Waals surface area (Å²) in [5.41, 5.74) is 1.18. The van der Waals surface area contributed by atoms with Crippen molar-refractivity contribution >= 4 is 5.78 Å². The molecule has 0 aromatic heterocycles. The van der Waals surface area contributed by atoms with Crippen LogP contribution in [-0.2, 0) is 4.79 Å². The Kier molecular flexibility index (Phi) is 9.47. The average molecular weight is 287 g/mol. The van der Waals surface area contributed by atoms with Crippen molar-refractivity contribution in [2.45, 2.75) is 57.9 Å². The summed E-state index contributed by atoms with van der Waals surface area (Å²) < 4.78 is 0. The van der Waals surface area contributed by atoms with Crippen molar-refractivity contribution in [1.29, 1.82) is 0 Å². The van der Waals surface area contributed by atoms with E-state index in [0.29, 0.717) is 18.6 Å². The van der Waals surface area contributed by atoms with E-state index < -0.39 is 0 Å². The second kappa shape index (κ2) is 11.3. The smallest absolute Gasteiger partial charge is 0.134 e. The minimum atomic E-state index is 0.104. The Labute approximate surface area is 129 Å². The fourth-order valence-corrected chi connectivity index (χ4v) is 2.47. The molecule has 1 unspecified atom stereocenters. The lowest BCUT2D eigenvalue weighted by Crippen LogP contribution is -2.24. The topological polar surface area (TPSA) is 29.1 Å². The Morgan fingerprint density at radius 3 is 2.57 bits per heavy atom. The number of nitrogens with one attached hydrogen (secondary N) is 1. The van der Waals surface area contributed by atoms with Crippen LogP contribution >= 0.6 is 0 Å². The normalized spacial score (nSPS) is 12.0. The van der Waals surface area contributed by atoms with Crippen molar-refractivity contribution in [2.24, 2.45) is 0 Å². The summed E-state index contributed by atoms with van der Waals surface area (Å²) in [6.45, 7) is 6.67. The summed E-state index contributed by atoms with van der Waals surface area (Å²) in [5, 5.41) is 3.39. The Morgan fingerprint density at radius 2 is 1.90 bits per heavy atom. The van der Waals surface area contributed by atoms with Gasteiger partial charge in [0, 0.05) is 25.4 Å². The second-order valence-electron chi connectivity index (χ2n) is 5.57. The van der Waals surface area contributed by atoms with Crippen LogP contribution in [-0.4, -0.2) is 12.3 Å². The Hall–Kier alpha value is -1.41. The number of rotatable bonds is 12. The van der Waals surface area contributed by atoms with Crippen LogP contribution in [0, 0.1) is 0 Å². The van der Waals surface area contributed by atoms with Gasteiger partial charge in [-0.15, -0.1) is 6.58 Å². The van der Waals surface area contributed by atoms with Gasteiger partial charge < -0.3 is 5.32 Å². The quantitative estimate of drug-likeness (QED) is 0.441. The van der Waals surface area contributed by atoms with Crippen molar-refractivity contribution in [2.75, 3.05) is 6.54 Å².